The van der Waals surface area contributed by atoms with Crippen LogP contribution >= 0.6 is 15.9 Å². The van der Waals surface area contributed by atoms with Gasteiger partial charge in [0.05, 0.1) is 0 Å². The smallest absolute Gasteiger partial charge is 0.255 e. The van der Waals surface area contributed by atoms with Gasteiger partial charge in [0, 0.05) is 22.4 Å². The lowest BCUT2D eigenvalue weighted by molar-refractivity contribution is 0.306. The number of para-hydroxylation sites is 1. The first-order valence-electron chi connectivity index (χ1n) is 6.88. The van der Waals surface area contributed by atoms with E-state index in [-0.39, 0.29) is 5.56 Å². The fourth-order valence-electron chi connectivity index (χ4n) is 2.11. The van der Waals surface area contributed by atoms with Gasteiger partial charge in [0.15, 0.2) is 0 Å². The van der Waals surface area contributed by atoms with Crippen molar-refractivity contribution >= 4 is 15.9 Å². The Bertz CT molecular complexity index is 810. The summed E-state index contributed by atoms with van der Waals surface area (Å²) in [6.07, 6.45) is 1.77. The van der Waals surface area contributed by atoms with Crippen LogP contribution in [0, 0.1) is 0 Å². The van der Waals surface area contributed by atoms with E-state index in [0.717, 1.165) is 21.5 Å². The molecule has 0 saturated carbocycles. The largest absolute Gasteiger partial charge is 0.489 e. The predicted molar refractivity (Wildman–Crippen MR) is 90.5 cm³/mol. The minimum absolute atomic E-state index is 0.0727. The van der Waals surface area contributed by atoms with Crippen molar-refractivity contribution in [3.8, 4) is 11.4 Å². The molecule has 1 aromatic heterocycles. The van der Waals surface area contributed by atoms with Gasteiger partial charge >= 0.3 is 0 Å². The van der Waals surface area contributed by atoms with Gasteiger partial charge in [-0.1, -0.05) is 34.1 Å². The molecule has 0 N–H and O–H groups in total. The number of nitrogens with zero attached hydrogens (tertiary/aromatic N) is 1. The van der Waals surface area contributed by atoms with E-state index >= 15 is 0 Å². The molecule has 110 valence electrons. The summed E-state index contributed by atoms with van der Waals surface area (Å²) in [5.41, 5.74) is 1.61. The van der Waals surface area contributed by atoms with E-state index in [1.54, 1.807) is 16.8 Å². The topological polar surface area (TPSA) is 31.2 Å². The molecule has 0 amide bonds. The zero-order valence-corrected chi connectivity index (χ0v) is 13.4. The average Bonchev–Trinajstić information content (AvgIpc) is 2.55. The third-order valence-electron chi connectivity index (χ3n) is 3.24. The van der Waals surface area contributed by atoms with E-state index < -0.39 is 0 Å². The fraction of sp³-hybridized carbons (Fsp3) is 0.0556. The molecule has 0 fully saturated rings. The van der Waals surface area contributed by atoms with E-state index in [1.807, 2.05) is 60.7 Å². The van der Waals surface area contributed by atoms with E-state index in [9.17, 15) is 4.79 Å². The minimum atomic E-state index is -0.0727. The van der Waals surface area contributed by atoms with Gasteiger partial charge in [-0.15, -0.1) is 0 Å². The number of pyridine rings is 1. The molecule has 3 nitrogen and oxygen atoms in total. The molecular formula is C18H14BrNO2. The Morgan fingerprint density at radius 3 is 2.36 bits per heavy atom. The van der Waals surface area contributed by atoms with Crippen molar-refractivity contribution in [1.29, 1.82) is 0 Å². The van der Waals surface area contributed by atoms with E-state index in [2.05, 4.69) is 15.9 Å². The summed E-state index contributed by atoms with van der Waals surface area (Å²) >= 11 is 3.39. The highest BCUT2D eigenvalue weighted by atomic mass is 79.9. The molecule has 1 heterocycles. The lowest BCUT2D eigenvalue weighted by Gasteiger charge is -2.09. The maximum atomic E-state index is 12.2. The second kappa shape index (κ2) is 6.62. The second-order valence-corrected chi connectivity index (χ2v) is 5.74. The quantitative estimate of drug-likeness (QED) is 0.702. The van der Waals surface area contributed by atoms with E-state index in [4.69, 9.17) is 4.74 Å². The van der Waals surface area contributed by atoms with Crippen molar-refractivity contribution in [1.82, 2.24) is 4.57 Å². The molecule has 3 aromatic rings. The lowest BCUT2D eigenvalue weighted by Crippen LogP contribution is -2.17. The first-order valence-corrected chi connectivity index (χ1v) is 7.67. The molecular weight excluding hydrogens is 342 g/mol. The number of rotatable bonds is 4. The third-order valence-corrected chi connectivity index (χ3v) is 3.77. The Balaban J connectivity index is 1.77. The summed E-state index contributed by atoms with van der Waals surface area (Å²) in [5.74, 6) is 0.791. The number of halogens is 1. The highest BCUT2D eigenvalue weighted by Crippen LogP contribution is 2.14. The van der Waals surface area contributed by atoms with Crippen molar-refractivity contribution in [3.05, 3.63) is 93.3 Å². The number of aromatic nitrogens is 1. The first-order chi connectivity index (χ1) is 10.7. The molecule has 0 aliphatic rings. The van der Waals surface area contributed by atoms with Crippen LogP contribution in [0.1, 0.15) is 5.56 Å². The van der Waals surface area contributed by atoms with Crippen LogP contribution in [0.25, 0.3) is 5.69 Å². The number of ether oxygens (including phenoxy) is 1. The van der Waals surface area contributed by atoms with E-state index in [0.29, 0.717) is 6.61 Å². The Labute approximate surface area is 136 Å². The molecule has 0 bridgehead atoms. The summed E-state index contributed by atoms with van der Waals surface area (Å²) < 4.78 is 8.25. The van der Waals surface area contributed by atoms with Crippen LogP contribution < -0.4 is 10.3 Å². The normalized spacial score (nSPS) is 10.4. The number of hydrogen-bond donors (Lipinski definition) is 0. The molecule has 0 aliphatic heterocycles. The zero-order valence-electron chi connectivity index (χ0n) is 11.8. The highest BCUT2D eigenvalue weighted by molar-refractivity contribution is 9.10. The maximum absolute atomic E-state index is 12.2. The molecule has 0 atom stereocenters. The molecule has 0 saturated heterocycles. The van der Waals surface area contributed by atoms with E-state index in [1.165, 1.54) is 0 Å². The molecule has 4 heteroatoms. The van der Waals surface area contributed by atoms with Gasteiger partial charge in [0.2, 0.25) is 0 Å². The van der Waals surface area contributed by atoms with Crippen molar-refractivity contribution < 1.29 is 4.74 Å². The first kappa shape index (κ1) is 14.6. The zero-order chi connectivity index (χ0) is 15.4. The van der Waals surface area contributed by atoms with Gasteiger partial charge in [0.25, 0.3) is 5.56 Å². The van der Waals surface area contributed by atoms with Crippen LogP contribution in [0.5, 0.6) is 5.75 Å². The molecule has 0 aliphatic carbocycles. The predicted octanol–water partition coefficient (Wildman–Crippen LogP) is 4.18. The van der Waals surface area contributed by atoms with Gasteiger partial charge in [-0.2, -0.15) is 0 Å². The summed E-state index contributed by atoms with van der Waals surface area (Å²) in [5, 5.41) is 0. The van der Waals surface area contributed by atoms with Gasteiger partial charge in [-0.3, -0.25) is 9.36 Å². The van der Waals surface area contributed by atoms with Crippen LogP contribution in [0.4, 0.5) is 0 Å². The number of benzene rings is 2. The minimum Gasteiger partial charge on any atom is -0.489 e. The molecule has 0 unspecified atom stereocenters. The SMILES string of the molecule is O=c1cc(COc2ccccc2)ccn1-c1ccc(Br)cc1. The number of hydrogen-bond acceptors (Lipinski definition) is 2. The maximum Gasteiger partial charge on any atom is 0.255 e. The van der Waals surface area contributed by atoms with Gasteiger partial charge in [-0.05, 0) is 48.0 Å². The fourth-order valence-corrected chi connectivity index (χ4v) is 2.37. The molecule has 0 radical (unpaired) electrons. The van der Waals surface area contributed by atoms with Crippen molar-refractivity contribution in [2.45, 2.75) is 6.61 Å². The highest BCUT2D eigenvalue weighted by Gasteiger charge is 2.02. The van der Waals surface area contributed by atoms with Crippen LogP contribution in [-0.2, 0) is 6.61 Å². The summed E-state index contributed by atoms with van der Waals surface area (Å²) in [6, 6.07) is 20.7. The Hall–Kier alpha value is -2.33. The molecule has 3 rings (SSSR count). The van der Waals surface area contributed by atoms with Gasteiger partial charge in [-0.25, -0.2) is 0 Å². The van der Waals surface area contributed by atoms with Crippen LogP contribution in [0.3, 0.4) is 0 Å². The molecule has 0 spiro atoms. The average molecular weight is 356 g/mol. The summed E-state index contributed by atoms with van der Waals surface area (Å²) in [6.45, 7) is 0.375. The summed E-state index contributed by atoms with van der Waals surface area (Å²) in [7, 11) is 0. The second-order valence-electron chi connectivity index (χ2n) is 4.82. The van der Waals surface area contributed by atoms with Crippen molar-refractivity contribution in [2.75, 3.05) is 0 Å². The Kier molecular flexibility index (Phi) is 4.39. The monoisotopic (exact) mass is 355 g/mol. The van der Waals surface area contributed by atoms with Crippen LogP contribution in [-0.4, -0.2) is 4.57 Å². The van der Waals surface area contributed by atoms with Crippen LogP contribution in [0.2, 0.25) is 0 Å². The van der Waals surface area contributed by atoms with Crippen LogP contribution in [0.15, 0.2) is 82.2 Å². The van der Waals surface area contributed by atoms with Crippen molar-refractivity contribution in [3.63, 3.8) is 0 Å². The standard InChI is InChI=1S/C18H14BrNO2/c19-15-6-8-16(9-7-15)20-11-10-14(12-18(20)21)13-22-17-4-2-1-3-5-17/h1-12H,13H2. The van der Waals surface area contributed by atoms with Gasteiger partial charge < -0.3 is 4.74 Å². The van der Waals surface area contributed by atoms with Gasteiger partial charge in [0.1, 0.15) is 12.4 Å². The Morgan fingerprint density at radius 1 is 0.955 bits per heavy atom. The summed E-state index contributed by atoms with van der Waals surface area (Å²) in [4.78, 5) is 12.2. The lowest BCUT2D eigenvalue weighted by atomic mass is 10.2. The van der Waals surface area contributed by atoms with Crippen molar-refractivity contribution in [2.24, 2.45) is 0 Å². The molecule has 2 aromatic carbocycles. The third kappa shape index (κ3) is 3.46. The Morgan fingerprint density at radius 2 is 1.68 bits per heavy atom. The molecule has 22 heavy (non-hydrogen) atoms.